The zero-order valence-electron chi connectivity index (χ0n) is 10.8. The van der Waals surface area contributed by atoms with Gasteiger partial charge in [0, 0.05) is 0 Å². The van der Waals surface area contributed by atoms with Crippen LogP contribution in [0.3, 0.4) is 0 Å². The molecule has 0 bridgehead atoms. The van der Waals surface area contributed by atoms with Crippen molar-refractivity contribution in [3.8, 4) is 0 Å². The molecule has 0 aliphatic rings. The summed E-state index contributed by atoms with van der Waals surface area (Å²) in [5, 5.41) is 27.7. The minimum atomic E-state index is -1.76. The topological polar surface area (TPSA) is 112 Å². The van der Waals surface area contributed by atoms with Gasteiger partial charge in [0.15, 0.2) is 0 Å². The summed E-state index contributed by atoms with van der Waals surface area (Å²) >= 11 is 0. The Morgan fingerprint density at radius 3 is 1.33 bits per heavy atom. The van der Waals surface area contributed by atoms with E-state index in [-0.39, 0.29) is 19.3 Å². The fraction of sp³-hybridized carbons (Fsp3) is 0.750. The fourth-order valence-electron chi connectivity index (χ4n) is 2.70. The number of carboxylic acid groups (broad SMARTS) is 3. The summed E-state index contributed by atoms with van der Waals surface area (Å²) in [7, 11) is 0. The molecule has 6 heteroatoms. The highest BCUT2D eigenvalue weighted by atomic mass is 16.4. The molecule has 0 aromatic carbocycles. The van der Waals surface area contributed by atoms with E-state index in [9.17, 15) is 19.5 Å². The average molecular weight is 260 g/mol. The first kappa shape index (κ1) is 16.4. The van der Waals surface area contributed by atoms with Crippen LogP contribution in [0.15, 0.2) is 0 Å². The van der Waals surface area contributed by atoms with E-state index in [2.05, 4.69) is 0 Å². The van der Waals surface area contributed by atoms with Gasteiger partial charge >= 0.3 is 17.9 Å². The van der Waals surface area contributed by atoms with Crippen molar-refractivity contribution >= 4 is 17.9 Å². The molecule has 0 saturated carbocycles. The summed E-state index contributed by atoms with van der Waals surface area (Å²) < 4.78 is 0. The number of hydrogen-bond donors (Lipinski definition) is 3. The largest absolute Gasteiger partial charge is 0.481 e. The SMILES string of the molecule is CCC(C(=O)O)C(CC)(C(=O)O)C(CC)C(=O)O. The third-order valence-electron chi connectivity index (χ3n) is 3.64. The number of rotatable bonds is 8. The maximum atomic E-state index is 11.5. The molecule has 18 heavy (non-hydrogen) atoms. The standard InChI is InChI=1S/C12H20O6/c1-4-7(9(13)14)12(6-3,11(17)18)8(5-2)10(15)16/h7-8H,4-6H2,1-3H3,(H,13,14)(H,15,16)(H,17,18). The molecular formula is C12H20O6. The van der Waals surface area contributed by atoms with Gasteiger partial charge < -0.3 is 15.3 Å². The minimum Gasteiger partial charge on any atom is -0.481 e. The maximum absolute atomic E-state index is 11.5. The number of carbonyl (C=O) groups is 3. The van der Waals surface area contributed by atoms with E-state index in [0.29, 0.717) is 0 Å². The molecule has 0 aliphatic carbocycles. The van der Waals surface area contributed by atoms with E-state index in [1.54, 1.807) is 13.8 Å². The lowest BCUT2D eigenvalue weighted by Gasteiger charge is -2.37. The fourth-order valence-corrected chi connectivity index (χ4v) is 2.70. The number of hydrogen-bond acceptors (Lipinski definition) is 3. The quantitative estimate of drug-likeness (QED) is 0.612. The Morgan fingerprint density at radius 2 is 1.22 bits per heavy atom. The third kappa shape index (κ3) is 2.63. The lowest BCUT2D eigenvalue weighted by atomic mass is 9.63. The number of aliphatic carboxylic acids is 3. The van der Waals surface area contributed by atoms with Crippen molar-refractivity contribution < 1.29 is 29.7 Å². The lowest BCUT2D eigenvalue weighted by Crippen LogP contribution is -2.50. The summed E-state index contributed by atoms with van der Waals surface area (Å²) in [5.74, 6) is -6.29. The molecule has 0 saturated heterocycles. The first-order valence-electron chi connectivity index (χ1n) is 5.98. The van der Waals surface area contributed by atoms with Gasteiger partial charge in [-0.1, -0.05) is 20.8 Å². The van der Waals surface area contributed by atoms with Crippen molar-refractivity contribution in [2.75, 3.05) is 0 Å². The van der Waals surface area contributed by atoms with Crippen molar-refractivity contribution in [3.63, 3.8) is 0 Å². The highest BCUT2D eigenvalue weighted by Gasteiger charge is 2.54. The minimum absolute atomic E-state index is 0.0298. The zero-order chi connectivity index (χ0) is 14.5. The van der Waals surface area contributed by atoms with E-state index in [0.717, 1.165) is 0 Å². The second-order valence-electron chi connectivity index (χ2n) is 4.30. The van der Waals surface area contributed by atoms with Gasteiger partial charge in [-0.3, -0.25) is 14.4 Å². The van der Waals surface area contributed by atoms with Gasteiger partial charge in [0.05, 0.1) is 17.3 Å². The average Bonchev–Trinajstić information content (AvgIpc) is 2.27. The van der Waals surface area contributed by atoms with Gasteiger partial charge in [-0.2, -0.15) is 0 Å². The van der Waals surface area contributed by atoms with Gasteiger partial charge in [0.2, 0.25) is 0 Å². The zero-order valence-corrected chi connectivity index (χ0v) is 10.8. The Morgan fingerprint density at radius 1 is 0.889 bits per heavy atom. The highest BCUT2D eigenvalue weighted by molar-refractivity contribution is 5.88. The van der Waals surface area contributed by atoms with Crippen LogP contribution in [0, 0.1) is 17.3 Å². The number of carboxylic acids is 3. The van der Waals surface area contributed by atoms with E-state index < -0.39 is 35.2 Å². The predicted molar refractivity (Wildman–Crippen MR) is 63.2 cm³/mol. The van der Waals surface area contributed by atoms with E-state index in [4.69, 9.17) is 10.2 Å². The van der Waals surface area contributed by atoms with E-state index in [1.165, 1.54) is 6.92 Å². The molecule has 104 valence electrons. The van der Waals surface area contributed by atoms with Crippen LogP contribution in [0.1, 0.15) is 40.0 Å². The molecule has 0 rings (SSSR count). The van der Waals surface area contributed by atoms with Gasteiger partial charge in [-0.25, -0.2) is 0 Å². The van der Waals surface area contributed by atoms with Crippen LogP contribution in [0.4, 0.5) is 0 Å². The second kappa shape index (κ2) is 6.37. The molecule has 0 aliphatic heterocycles. The van der Waals surface area contributed by atoms with Crippen LogP contribution in [0.2, 0.25) is 0 Å². The summed E-state index contributed by atoms with van der Waals surface area (Å²) in [6.07, 6.45) is 0.135. The first-order valence-corrected chi connectivity index (χ1v) is 5.98. The molecule has 0 fully saturated rings. The molecule has 2 atom stereocenters. The molecule has 0 radical (unpaired) electrons. The molecule has 0 amide bonds. The van der Waals surface area contributed by atoms with E-state index in [1.807, 2.05) is 0 Å². The third-order valence-corrected chi connectivity index (χ3v) is 3.64. The van der Waals surface area contributed by atoms with Crippen LogP contribution < -0.4 is 0 Å². The van der Waals surface area contributed by atoms with Crippen molar-refractivity contribution in [1.82, 2.24) is 0 Å². The molecule has 0 heterocycles. The van der Waals surface area contributed by atoms with Gasteiger partial charge in [-0.15, -0.1) is 0 Å². The Balaban J connectivity index is 5.89. The smallest absolute Gasteiger partial charge is 0.311 e. The predicted octanol–water partition coefficient (Wildman–Crippen LogP) is 1.69. The Bertz CT molecular complexity index is 313. The Kier molecular flexibility index (Phi) is 5.81. The van der Waals surface area contributed by atoms with Crippen molar-refractivity contribution in [1.29, 1.82) is 0 Å². The lowest BCUT2D eigenvalue weighted by molar-refractivity contribution is -0.175. The van der Waals surface area contributed by atoms with Crippen LogP contribution in [0.5, 0.6) is 0 Å². The molecular weight excluding hydrogens is 240 g/mol. The van der Waals surface area contributed by atoms with Crippen molar-refractivity contribution in [2.45, 2.75) is 40.0 Å². The van der Waals surface area contributed by atoms with E-state index >= 15 is 0 Å². The Hall–Kier alpha value is -1.59. The van der Waals surface area contributed by atoms with Gasteiger partial charge in [-0.05, 0) is 19.3 Å². The van der Waals surface area contributed by atoms with Gasteiger partial charge in [0.1, 0.15) is 0 Å². The molecule has 0 aromatic rings. The molecule has 0 spiro atoms. The maximum Gasteiger partial charge on any atom is 0.311 e. The van der Waals surface area contributed by atoms with Crippen LogP contribution in [0.25, 0.3) is 0 Å². The van der Waals surface area contributed by atoms with Crippen LogP contribution in [-0.4, -0.2) is 33.2 Å². The summed E-state index contributed by atoms with van der Waals surface area (Å²) in [6, 6.07) is 0. The van der Waals surface area contributed by atoms with Crippen molar-refractivity contribution in [3.05, 3.63) is 0 Å². The Labute approximate surface area is 106 Å². The summed E-state index contributed by atoms with van der Waals surface area (Å²) in [5.41, 5.74) is -1.76. The second-order valence-corrected chi connectivity index (χ2v) is 4.30. The molecule has 6 nitrogen and oxygen atoms in total. The monoisotopic (exact) mass is 260 g/mol. The highest BCUT2D eigenvalue weighted by Crippen LogP contribution is 2.43. The van der Waals surface area contributed by atoms with Crippen LogP contribution in [-0.2, 0) is 14.4 Å². The normalized spacial score (nSPS) is 17.5. The molecule has 3 N–H and O–H groups in total. The first-order chi connectivity index (χ1) is 8.29. The summed E-state index contributed by atoms with van der Waals surface area (Å²) in [4.78, 5) is 34.0. The van der Waals surface area contributed by atoms with Gasteiger partial charge in [0.25, 0.3) is 0 Å². The van der Waals surface area contributed by atoms with Crippen LogP contribution >= 0.6 is 0 Å². The summed E-state index contributed by atoms with van der Waals surface area (Å²) in [6.45, 7) is 4.63. The molecule has 0 aromatic heterocycles. The molecule has 2 unspecified atom stereocenters. The van der Waals surface area contributed by atoms with Crippen molar-refractivity contribution in [2.24, 2.45) is 17.3 Å².